The Morgan fingerprint density at radius 3 is 2.70 bits per heavy atom. The van der Waals surface area contributed by atoms with Gasteiger partial charge in [-0.25, -0.2) is 4.39 Å². The van der Waals surface area contributed by atoms with Crippen LogP contribution < -0.4 is 20.2 Å². The van der Waals surface area contributed by atoms with E-state index in [9.17, 15) is 12.8 Å². The number of nitrogens with one attached hydrogen (secondary N) is 3. The molecule has 1 aromatic heterocycles. The highest BCUT2D eigenvalue weighted by Gasteiger charge is 2.19. The molecule has 0 bridgehead atoms. The van der Waals surface area contributed by atoms with Gasteiger partial charge in [0.1, 0.15) is 16.5 Å². The van der Waals surface area contributed by atoms with E-state index in [2.05, 4.69) is 14.7 Å². The van der Waals surface area contributed by atoms with Gasteiger partial charge in [0, 0.05) is 23.5 Å². The Morgan fingerprint density at radius 2 is 2.00 bits per heavy atom. The van der Waals surface area contributed by atoms with Gasteiger partial charge < -0.3 is 9.72 Å². The Kier molecular flexibility index (Phi) is 5.31. The third kappa shape index (κ3) is 4.37. The summed E-state index contributed by atoms with van der Waals surface area (Å²) >= 11 is 0. The van der Waals surface area contributed by atoms with Crippen LogP contribution in [-0.2, 0) is 16.4 Å². The number of nitrogens with two attached hydrogens (primary N) is 1. The van der Waals surface area contributed by atoms with Crippen molar-refractivity contribution in [3.8, 4) is 5.75 Å². The first-order valence-corrected chi connectivity index (χ1v) is 9.66. The molecule has 142 valence electrons. The van der Waals surface area contributed by atoms with E-state index in [4.69, 9.17) is 10.5 Å². The highest BCUT2D eigenvalue weighted by atomic mass is 32.2. The zero-order valence-electron chi connectivity index (χ0n) is 14.6. The van der Waals surface area contributed by atoms with Gasteiger partial charge in [0.25, 0.3) is 0 Å². The van der Waals surface area contributed by atoms with Crippen molar-refractivity contribution in [3.05, 3.63) is 60.0 Å². The standard InChI is InChI=1S/C18H19FN4O3S/c1-26-14-3-5-15(6-4-14)27(24,25)23-18(20)21-9-8-12-11-22-17-7-2-13(19)10-16(12)17/h2-7,10-11,22H,8-9H2,1H3,(H3,20,21,23)/p+1. The molecule has 0 amide bonds. The number of halogens is 1. The summed E-state index contributed by atoms with van der Waals surface area (Å²) in [6.07, 6.45) is 2.33. The summed E-state index contributed by atoms with van der Waals surface area (Å²) in [6.45, 7) is 0.375. The van der Waals surface area contributed by atoms with Crippen LogP contribution in [0.4, 0.5) is 4.39 Å². The fourth-order valence-corrected chi connectivity index (χ4v) is 3.66. The van der Waals surface area contributed by atoms with E-state index in [1.807, 2.05) is 0 Å². The second-order valence-electron chi connectivity index (χ2n) is 5.88. The van der Waals surface area contributed by atoms with Gasteiger partial charge in [-0.2, -0.15) is 13.1 Å². The number of benzene rings is 2. The molecular weight excluding hydrogens is 371 g/mol. The van der Waals surface area contributed by atoms with Gasteiger partial charge in [0.2, 0.25) is 0 Å². The molecule has 7 nitrogen and oxygen atoms in total. The number of guanidine groups is 1. The Bertz CT molecular complexity index is 1080. The average molecular weight is 391 g/mol. The van der Waals surface area contributed by atoms with Gasteiger partial charge in [-0.1, -0.05) is 0 Å². The molecule has 2 aromatic carbocycles. The molecule has 0 atom stereocenters. The van der Waals surface area contributed by atoms with E-state index in [0.29, 0.717) is 18.7 Å². The highest BCUT2D eigenvalue weighted by Crippen LogP contribution is 2.19. The SMILES string of the molecule is COc1ccc(S(=O)(=O)NC(N)=[NH+]CCc2c[nH]c3ccc(F)cc23)cc1. The van der Waals surface area contributed by atoms with E-state index in [0.717, 1.165) is 16.5 Å². The van der Waals surface area contributed by atoms with Crippen molar-refractivity contribution in [2.24, 2.45) is 5.73 Å². The Labute approximate surface area is 156 Å². The van der Waals surface area contributed by atoms with Crippen molar-refractivity contribution < 1.29 is 22.5 Å². The quantitative estimate of drug-likeness (QED) is 0.356. The number of fused-ring (bicyclic) bond motifs is 1. The summed E-state index contributed by atoms with van der Waals surface area (Å²) in [5, 5.41) is 0.786. The average Bonchev–Trinajstić information content (AvgIpc) is 3.03. The van der Waals surface area contributed by atoms with Crippen molar-refractivity contribution >= 4 is 26.9 Å². The van der Waals surface area contributed by atoms with Crippen LogP contribution in [0.15, 0.2) is 53.6 Å². The predicted molar refractivity (Wildman–Crippen MR) is 100 cm³/mol. The maximum absolute atomic E-state index is 13.4. The fourth-order valence-electron chi connectivity index (χ4n) is 2.68. The number of ether oxygens (including phenoxy) is 1. The maximum atomic E-state index is 13.4. The molecule has 0 radical (unpaired) electrons. The van der Waals surface area contributed by atoms with Gasteiger partial charge >= 0.3 is 16.0 Å². The van der Waals surface area contributed by atoms with Crippen LogP contribution >= 0.6 is 0 Å². The van der Waals surface area contributed by atoms with Crippen molar-refractivity contribution in [2.45, 2.75) is 11.3 Å². The molecule has 5 N–H and O–H groups in total. The van der Waals surface area contributed by atoms with Crippen molar-refractivity contribution in [1.82, 2.24) is 9.71 Å². The van der Waals surface area contributed by atoms with Crippen LogP contribution in [0.5, 0.6) is 5.75 Å². The van der Waals surface area contributed by atoms with E-state index in [1.165, 1.54) is 31.4 Å². The van der Waals surface area contributed by atoms with Gasteiger partial charge in [-0.15, -0.1) is 0 Å². The third-order valence-electron chi connectivity index (χ3n) is 4.05. The number of hydrogen-bond donors (Lipinski definition) is 4. The highest BCUT2D eigenvalue weighted by molar-refractivity contribution is 7.90. The molecule has 0 saturated heterocycles. The van der Waals surface area contributed by atoms with Crippen LogP contribution in [0.25, 0.3) is 10.9 Å². The minimum absolute atomic E-state index is 0.0696. The monoisotopic (exact) mass is 391 g/mol. The van der Waals surface area contributed by atoms with E-state index < -0.39 is 10.0 Å². The molecule has 27 heavy (non-hydrogen) atoms. The molecule has 0 spiro atoms. The number of aromatic amines is 1. The van der Waals surface area contributed by atoms with Crippen LogP contribution in [-0.4, -0.2) is 33.0 Å². The summed E-state index contributed by atoms with van der Waals surface area (Å²) in [6, 6.07) is 10.5. The van der Waals surface area contributed by atoms with Crippen LogP contribution in [0.2, 0.25) is 0 Å². The maximum Gasteiger partial charge on any atom is 0.356 e. The zero-order valence-corrected chi connectivity index (χ0v) is 15.4. The molecule has 1 heterocycles. The summed E-state index contributed by atoms with van der Waals surface area (Å²) in [4.78, 5) is 5.96. The molecule has 0 saturated carbocycles. The number of sulfonamides is 1. The molecule has 0 aliphatic rings. The zero-order chi connectivity index (χ0) is 19.4. The van der Waals surface area contributed by atoms with Crippen molar-refractivity contribution in [1.29, 1.82) is 0 Å². The van der Waals surface area contributed by atoms with Crippen molar-refractivity contribution in [3.63, 3.8) is 0 Å². The molecule has 0 fully saturated rings. The molecule has 9 heteroatoms. The largest absolute Gasteiger partial charge is 0.497 e. The minimum atomic E-state index is -3.79. The van der Waals surface area contributed by atoms with Gasteiger partial charge in [0.05, 0.1) is 13.7 Å². The molecule has 0 aliphatic heterocycles. The predicted octanol–water partition coefficient (Wildman–Crippen LogP) is 0.232. The topological polar surface area (TPSA) is 111 Å². The van der Waals surface area contributed by atoms with Gasteiger partial charge in [-0.05, 0) is 48.0 Å². The smallest absolute Gasteiger partial charge is 0.356 e. The summed E-state index contributed by atoms with van der Waals surface area (Å²) in [5.41, 5.74) is 7.49. The normalized spacial score (nSPS) is 12.3. The van der Waals surface area contributed by atoms with E-state index in [-0.39, 0.29) is 16.7 Å². The minimum Gasteiger partial charge on any atom is -0.497 e. The Balaban J connectivity index is 1.65. The fraction of sp³-hybridized carbons (Fsp3) is 0.167. The Hall–Kier alpha value is -3.07. The lowest BCUT2D eigenvalue weighted by atomic mass is 10.1. The Morgan fingerprint density at radius 1 is 1.26 bits per heavy atom. The number of methoxy groups -OCH3 is 1. The number of H-pyrrole nitrogens is 1. The molecule has 3 aromatic rings. The van der Waals surface area contributed by atoms with E-state index >= 15 is 0 Å². The lowest BCUT2D eigenvalue weighted by Crippen LogP contribution is -2.79. The third-order valence-corrected chi connectivity index (χ3v) is 5.43. The molecule has 0 aliphatic carbocycles. The molecule has 0 unspecified atom stereocenters. The first kappa shape index (κ1) is 18.7. The molecular formula is C18H20FN4O3S+. The summed E-state index contributed by atoms with van der Waals surface area (Å²) < 4.78 is 45.3. The lowest BCUT2D eigenvalue weighted by molar-refractivity contribution is -0.458. The molecule has 3 rings (SSSR count). The lowest BCUT2D eigenvalue weighted by Gasteiger charge is -2.04. The van der Waals surface area contributed by atoms with Gasteiger partial charge in [-0.3, -0.25) is 10.7 Å². The first-order valence-electron chi connectivity index (χ1n) is 8.18. The first-order chi connectivity index (χ1) is 12.9. The summed E-state index contributed by atoms with van der Waals surface area (Å²) in [7, 11) is -2.30. The van der Waals surface area contributed by atoms with Crippen LogP contribution in [0, 0.1) is 5.82 Å². The second kappa shape index (κ2) is 7.67. The number of hydrogen-bond acceptors (Lipinski definition) is 3. The summed E-state index contributed by atoms with van der Waals surface area (Å²) in [5.74, 6) is 0.158. The van der Waals surface area contributed by atoms with E-state index in [1.54, 1.807) is 24.4 Å². The second-order valence-corrected chi connectivity index (χ2v) is 7.56. The van der Waals surface area contributed by atoms with Crippen molar-refractivity contribution in [2.75, 3.05) is 13.7 Å². The van der Waals surface area contributed by atoms with Crippen LogP contribution in [0.3, 0.4) is 0 Å². The number of aromatic nitrogens is 1. The number of rotatable bonds is 6. The van der Waals surface area contributed by atoms with Crippen LogP contribution in [0.1, 0.15) is 5.56 Å². The van der Waals surface area contributed by atoms with Gasteiger partial charge in [0.15, 0.2) is 0 Å².